The number of hydrogen-bond acceptors (Lipinski definition) is 3. The van der Waals surface area contributed by atoms with Gasteiger partial charge in [-0.2, -0.15) is 0 Å². The largest absolute Gasteiger partial charge is 0.208 e. The first-order chi connectivity index (χ1) is 27.7. The Morgan fingerprint density at radius 3 is 0.946 bits per heavy atom. The monoisotopic (exact) mass is 713 g/mol. The minimum absolute atomic E-state index is 0.626. The van der Waals surface area contributed by atoms with E-state index in [1.165, 1.54) is 22.3 Å². The lowest BCUT2D eigenvalue weighted by Gasteiger charge is -2.14. The van der Waals surface area contributed by atoms with Crippen LogP contribution in [0.1, 0.15) is 0 Å². The second kappa shape index (κ2) is 14.4. The van der Waals surface area contributed by atoms with Crippen molar-refractivity contribution in [3.8, 4) is 78.7 Å². The van der Waals surface area contributed by atoms with E-state index in [4.69, 9.17) is 15.0 Å². The Labute approximate surface area is 326 Å². The van der Waals surface area contributed by atoms with Gasteiger partial charge in [0.25, 0.3) is 0 Å². The highest BCUT2D eigenvalue weighted by Gasteiger charge is 2.18. The molecule has 262 valence electrons. The molecule has 0 aliphatic carbocycles. The molecule has 0 N–H and O–H groups in total. The van der Waals surface area contributed by atoms with Crippen LogP contribution in [0.25, 0.3) is 100 Å². The van der Waals surface area contributed by atoms with Crippen molar-refractivity contribution in [1.82, 2.24) is 15.0 Å². The van der Waals surface area contributed by atoms with Gasteiger partial charge in [-0.3, -0.25) is 0 Å². The summed E-state index contributed by atoms with van der Waals surface area (Å²) in [6, 6.07) is 74.8. The zero-order chi connectivity index (χ0) is 37.3. The van der Waals surface area contributed by atoms with Crippen LogP contribution >= 0.6 is 0 Å². The minimum atomic E-state index is 0.626. The van der Waals surface area contributed by atoms with Gasteiger partial charge in [-0.05, 0) is 96.4 Å². The van der Waals surface area contributed by atoms with Crippen LogP contribution < -0.4 is 0 Å². The fourth-order valence-electron chi connectivity index (χ4n) is 7.55. The van der Waals surface area contributed by atoms with Crippen molar-refractivity contribution in [2.45, 2.75) is 0 Å². The minimum Gasteiger partial charge on any atom is -0.208 e. The first-order valence-corrected chi connectivity index (χ1v) is 18.9. The predicted octanol–water partition coefficient (Wildman–Crippen LogP) is 13.8. The topological polar surface area (TPSA) is 38.7 Å². The van der Waals surface area contributed by atoms with Gasteiger partial charge in [0.2, 0.25) is 0 Å². The zero-order valence-electron chi connectivity index (χ0n) is 30.5. The van der Waals surface area contributed by atoms with Gasteiger partial charge in [0, 0.05) is 16.7 Å². The van der Waals surface area contributed by atoms with E-state index in [1.807, 2.05) is 12.1 Å². The molecule has 1 aromatic heterocycles. The highest BCUT2D eigenvalue weighted by molar-refractivity contribution is 5.93. The van der Waals surface area contributed by atoms with E-state index < -0.39 is 0 Å². The molecule has 0 spiro atoms. The molecule has 0 amide bonds. The van der Waals surface area contributed by atoms with E-state index in [2.05, 4.69) is 200 Å². The van der Waals surface area contributed by atoms with Crippen LogP contribution in [-0.2, 0) is 0 Å². The maximum atomic E-state index is 5.28. The van der Waals surface area contributed by atoms with E-state index in [0.717, 1.165) is 60.5 Å². The Bertz CT molecular complexity index is 2860. The van der Waals surface area contributed by atoms with Gasteiger partial charge in [-0.15, -0.1) is 0 Å². The first-order valence-electron chi connectivity index (χ1n) is 18.9. The number of rotatable bonds is 7. The summed E-state index contributed by atoms with van der Waals surface area (Å²) in [5.41, 5.74) is 12.0. The van der Waals surface area contributed by atoms with Gasteiger partial charge in [0.15, 0.2) is 17.5 Å². The molecule has 56 heavy (non-hydrogen) atoms. The lowest BCUT2D eigenvalue weighted by atomic mass is 9.94. The van der Waals surface area contributed by atoms with Gasteiger partial charge in [0.1, 0.15) is 0 Å². The Morgan fingerprint density at radius 2 is 0.518 bits per heavy atom. The van der Waals surface area contributed by atoms with Crippen molar-refractivity contribution in [1.29, 1.82) is 0 Å². The fraction of sp³-hybridized carbons (Fsp3) is 0. The van der Waals surface area contributed by atoms with Gasteiger partial charge in [-0.25, -0.2) is 15.0 Å². The lowest BCUT2D eigenvalue weighted by molar-refractivity contribution is 1.08. The molecule has 10 aromatic rings. The van der Waals surface area contributed by atoms with Crippen LogP contribution in [0.4, 0.5) is 0 Å². The van der Waals surface area contributed by atoms with Crippen molar-refractivity contribution in [3.05, 3.63) is 212 Å². The molecule has 3 heteroatoms. The number of benzene rings is 9. The van der Waals surface area contributed by atoms with Crippen molar-refractivity contribution >= 4 is 21.5 Å². The van der Waals surface area contributed by atoms with Crippen LogP contribution in [0, 0.1) is 0 Å². The van der Waals surface area contributed by atoms with Crippen LogP contribution in [0.15, 0.2) is 212 Å². The molecule has 0 atom stereocenters. The summed E-state index contributed by atoms with van der Waals surface area (Å²) in [5.74, 6) is 1.88. The second-order valence-corrected chi connectivity index (χ2v) is 14.1. The standard InChI is InChI=1S/C53H35N3/c1-5-13-36(14-6-1)40-21-23-44-33-47(27-25-42(44)31-40)51-54-52(48-28-26-43-32-41(22-24-45(43)34-48)37-15-7-2-8-16-37)56-53(55-51)50-35-46(38-17-9-3-10-18-38)29-30-49(50)39-19-11-4-12-20-39/h1-35H. The molecular weight excluding hydrogens is 679 g/mol. The lowest BCUT2D eigenvalue weighted by Crippen LogP contribution is -2.01. The Balaban J connectivity index is 1.15. The third kappa shape index (κ3) is 6.52. The summed E-state index contributed by atoms with van der Waals surface area (Å²) in [6.45, 7) is 0. The molecule has 1 heterocycles. The first kappa shape index (κ1) is 33.1. The number of nitrogens with zero attached hydrogens (tertiary/aromatic N) is 3. The van der Waals surface area contributed by atoms with Crippen molar-refractivity contribution < 1.29 is 0 Å². The average Bonchev–Trinajstić information content (AvgIpc) is 3.29. The zero-order valence-corrected chi connectivity index (χ0v) is 30.5. The van der Waals surface area contributed by atoms with Crippen molar-refractivity contribution in [2.75, 3.05) is 0 Å². The second-order valence-electron chi connectivity index (χ2n) is 14.1. The van der Waals surface area contributed by atoms with Crippen molar-refractivity contribution in [3.63, 3.8) is 0 Å². The van der Waals surface area contributed by atoms with Crippen LogP contribution in [0.5, 0.6) is 0 Å². The summed E-state index contributed by atoms with van der Waals surface area (Å²) in [7, 11) is 0. The van der Waals surface area contributed by atoms with E-state index >= 15 is 0 Å². The Kier molecular flexibility index (Phi) is 8.51. The summed E-state index contributed by atoms with van der Waals surface area (Å²) in [5, 5.41) is 4.58. The molecule has 3 nitrogen and oxygen atoms in total. The highest BCUT2D eigenvalue weighted by Crippen LogP contribution is 2.37. The molecule has 0 bridgehead atoms. The van der Waals surface area contributed by atoms with Gasteiger partial charge in [-0.1, -0.05) is 182 Å². The predicted molar refractivity (Wildman–Crippen MR) is 233 cm³/mol. The molecular formula is C53H35N3. The molecule has 0 radical (unpaired) electrons. The quantitative estimate of drug-likeness (QED) is 0.165. The van der Waals surface area contributed by atoms with Gasteiger partial charge >= 0.3 is 0 Å². The van der Waals surface area contributed by atoms with Crippen LogP contribution in [0.3, 0.4) is 0 Å². The van der Waals surface area contributed by atoms with E-state index in [-0.39, 0.29) is 0 Å². The molecule has 0 saturated heterocycles. The van der Waals surface area contributed by atoms with Gasteiger partial charge < -0.3 is 0 Å². The molecule has 0 saturated carbocycles. The SMILES string of the molecule is c1ccc(-c2ccc(-c3ccccc3)c(-c3nc(-c4ccc5cc(-c6ccccc6)ccc5c4)nc(-c4ccc5cc(-c6ccccc6)ccc5c4)n3)c2)cc1. The number of hydrogen-bond donors (Lipinski definition) is 0. The molecule has 0 fully saturated rings. The smallest absolute Gasteiger partial charge is 0.164 e. The molecule has 0 aliphatic rings. The number of aromatic nitrogens is 3. The maximum absolute atomic E-state index is 5.28. The van der Waals surface area contributed by atoms with Crippen molar-refractivity contribution in [2.24, 2.45) is 0 Å². The Hall–Kier alpha value is -7.49. The Morgan fingerprint density at radius 1 is 0.196 bits per heavy atom. The summed E-state index contributed by atoms with van der Waals surface area (Å²) >= 11 is 0. The van der Waals surface area contributed by atoms with Crippen LogP contribution in [-0.4, -0.2) is 15.0 Å². The van der Waals surface area contributed by atoms with Gasteiger partial charge in [0.05, 0.1) is 0 Å². The van der Waals surface area contributed by atoms with E-state index in [1.54, 1.807) is 0 Å². The third-order valence-corrected chi connectivity index (χ3v) is 10.5. The highest BCUT2D eigenvalue weighted by atomic mass is 15.0. The molecule has 0 aliphatic heterocycles. The third-order valence-electron chi connectivity index (χ3n) is 10.5. The summed E-state index contributed by atoms with van der Waals surface area (Å²) < 4.78 is 0. The summed E-state index contributed by atoms with van der Waals surface area (Å²) in [4.78, 5) is 15.8. The molecule has 9 aromatic carbocycles. The van der Waals surface area contributed by atoms with Crippen LogP contribution in [0.2, 0.25) is 0 Å². The normalized spacial score (nSPS) is 11.2. The fourth-order valence-corrected chi connectivity index (χ4v) is 7.55. The van der Waals surface area contributed by atoms with E-state index in [0.29, 0.717) is 17.5 Å². The molecule has 0 unspecified atom stereocenters. The number of fused-ring (bicyclic) bond motifs is 2. The summed E-state index contributed by atoms with van der Waals surface area (Å²) in [6.07, 6.45) is 0. The van der Waals surface area contributed by atoms with E-state index in [9.17, 15) is 0 Å². The molecule has 10 rings (SSSR count). The average molecular weight is 714 g/mol. The maximum Gasteiger partial charge on any atom is 0.164 e.